The predicted molar refractivity (Wildman–Crippen MR) is 72.1 cm³/mol. The van der Waals surface area contributed by atoms with Crippen LogP contribution in [0.1, 0.15) is 36.2 Å². The van der Waals surface area contributed by atoms with Crippen molar-refractivity contribution < 1.29 is 9.18 Å². The van der Waals surface area contributed by atoms with Crippen molar-refractivity contribution >= 4 is 5.91 Å². The molecule has 19 heavy (non-hydrogen) atoms. The van der Waals surface area contributed by atoms with Gasteiger partial charge in [0, 0.05) is 18.7 Å². The summed E-state index contributed by atoms with van der Waals surface area (Å²) in [4.78, 5) is 14.1. The van der Waals surface area contributed by atoms with Crippen LogP contribution in [0.25, 0.3) is 0 Å². The number of hydrogen-bond acceptors (Lipinski definition) is 2. The van der Waals surface area contributed by atoms with Crippen LogP contribution >= 0.6 is 0 Å². The average molecular weight is 262 g/mol. The summed E-state index contributed by atoms with van der Waals surface area (Å²) in [6.45, 7) is 6.75. The summed E-state index contributed by atoms with van der Waals surface area (Å²) in [6.07, 6.45) is 0.304. The molecule has 0 heterocycles. The van der Waals surface area contributed by atoms with Crippen molar-refractivity contribution in [3.05, 3.63) is 35.1 Å². The van der Waals surface area contributed by atoms with Gasteiger partial charge in [-0.1, -0.05) is 13.8 Å². The minimum Gasteiger partial charge on any atom is -0.337 e. The van der Waals surface area contributed by atoms with E-state index in [1.807, 2.05) is 19.9 Å². The SMILES string of the molecule is Cc1cc(F)ccc1C(=O)N(CCC#N)CC(C)C. The first-order valence-electron chi connectivity index (χ1n) is 6.38. The molecule has 0 spiro atoms. The number of nitrogens with zero attached hydrogens (tertiary/aromatic N) is 2. The lowest BCUT2D eigenvalue weighted by Gasteiger charge is -2.24. The summed E-state index contributed by atoms with van der Waals surface area (Å²) in [6, 6.07) is 6.20. The number of halogens is 1. The smallest absolute Gasteiger partial charge is 0.254 e. The Kier molecular flexibility index (Phi) is 5.50. The number of amides is 1. The number of carbonyl (C=O) groups excluding carboxylic acids is 1. The molecule has 1 amide bonds. The second kappa shape index (κ2) is 6.89. The van der Waals surface area contributed by atoms with E-state index in [9.17, 15) is 9.18 Å². The molecule has 0 aliphatic heterocycles. The highest BCUT2D eigenvalue weighted by molar-refractivity contribution is 5.95. The first-order valence-corrected chi connectivity index (χ1v) is 6.38. The number of rotatable bonds is 5. The zero-order chi connectivity index (χ0) is 14.4. The summed E-state index contributed by atoms with van der Waals surface area (Å²) < 4.78 is 13.1. The van der Waals surface area contributed by atoms with E-state index in [0.717, 1.165) is 0 Å². The number of aryl methyl sites for hydroxylation is 1. The van der Waals surface area contributed by atoms with E-state index in [1.54, 1.807) is 11.8 Å². The van der Waals surface area contributed by atoms with Crippen molar-refractivity contribution in [2.24, 2.45) is 5.92 Å². The fourth-order valence-electron chi connectivity index (χ4n) is 1.94. The maximum Gasteiger partial charge on any atom is 0.254 e. The fourth-order valence-corrected chi connectivity index (χ4v) is 1.94. The average Bonchev–Trinajstić information content (AvgIpc) is 2.33. The molecular formula is C15H19FN2O. The van der Waals surface area contributed by atoms with Gasteiger partial charge < -0.3 is 4.90 Å². The van der Waals surface area contributed by atoms with Crippen molar-refractivity contribution in [2.45, 2.75) is 27.2 Å². The Labute approximate surface area is 113 Å². The molecule has 0 N–H and O–H groups in total. The van der Waals surface area contributed by atoms with E-state index in [4.69, 9.17) is 5.26 Å². The molecule has 0 aliphatic carbocycles. The summed E-state index contributed by atoms with van der Waals surface area (Å²) in [5.74, 6) is -0.161. The van der Waals surface area contributed by atoms with E-state index in [0.29, 0.717) is 36.6 Å². The summed E-state index contributed by atoms with van der Waals surface area (Å²) in [5, 5.41) is 8.66. The number of hydrogen-bond donors (Lipinski definition) is 0. The molecule has 0 radical (unpaired) electrons. The van der Waals surface area contributed by atoms with E-state index in [-0.39, 0.29) is 11.7 Å². The van der Waals surface area contributed by atoms with Gasteiger partial charge in [0.1, 0.15) is 5.82 Å². The van der Waals surface area contributed by atoms with Crippen LogP contribution in [-0.2, 0) is 0 Å². The quantitative estimate of drug-likeness (QED) is 0.818. The van der Waals surface area contributed by atoms with Crippen molar-refractivity contribution in [1.29, 1.82) is 5.26 Å². The molecule has 0 aliphatic rings. The molecule has 0 saturated heterocycles. The Morgan fingerprint density at radius 1 is 1.47 bits per heavy atom. The van der Waals surface area contributed by atoms with Gasteiger partial charge in [0.05, 0.1) is 12.5 Å². The summed E-state index contributed by atoms with van der Waals surface area (Å²) in [7, 11) is 0. The van der Waals surface area contributed by atoms with Gasteiger partial charge in [-0.3, -0.25) is 4.79 Å². The molecule has 1 aromatic rings. The molecule has 0 unspecified atom stereocenters. The highest BCUT2D eigenvalue weighted by Gasteiger charge is 2.18. The van der Waals surface area contributed by atoms with Gasteiger partial charge in [0.25, 0.3) is 5.91 Å². The lowest BCUT2D eigenvalue weighted by molar-refractivity contribution is 0.0739. The van der Waals surface area contributed by atoms with Crippen LogP contribution in [0, 0.1) is 30.0 Å². The Balaban J connectivity index is 2.94. The van der Waals surface area contributed by atoms with E-state index in [1.165, 1.54) is 18.2 Å². The summed E-state index contributed by atoms with van der Waals surface area (Å²) in [5.41, 5.74) is 1.12. The standard InChI is InChI=1S/C15H19FN2O/c1-11(2)10-18(8-4-7-17)15(19)14-6-5-13(16)9-12(14)3/h5-6,9,11H,4,8,10H2,1-3H3. The zero-order valence-corrected chi connectivity index (χ0v) is 11.6. The Morgan fingerprint density at radius 2 is 2.16 bits per heavy atom. The molecule has 0 fully saturated rings. The number of benzene rings is 1. The molecule has 0 saturated carbocycles. The summed E-state index contributed by atoms with van der Waals surface area (Å²) >= 11 is 0. The van der Waals surface area contributed by atoms with Crippen LogP contribution in [-0.4, -0.2) is 23.9 Å². The first kappa shape index (κ1) is 15.2. The largest absolute Gasteiger partial charge is 0.337 e. The minimum atomic E-state index is -0.346. The Morgan fingerprint density at radius 3 is 2.68 bits per heavy atom. The van der Waals surface area contributed by atoms with Gasteiger partial charge in [-0.25, -0.2) is 4.39 Å². The molecule has 1 aromatic carbocycles. The fraction of sp³-hybridized carbons (Fsp3) is 0.467. The van der Waals surface area contributed by atoms with Crippen molar-refractivity contribution in [3.63, 3.8) is 0 Å². The van der Waals surface area contributed by atoms with Crippen molar-refractivity contribution in [1.82, 2.24) is 4.90 Å². The van der Waals surface area contributed by atoms with Crippen LogP contribution < -0.4 is 0 Å². The number of nitriles is 1. The molecule has 4 heteroatoms. The normalized spacial score (nSPS) is 10.3. The Hall–Kier alpha value is -1.89. The van der Waals surface area contributed by atoms with Crippen LogP contribution in [0.15, 0.2) is 18.2 Å². The van der Waals surface area contributed by atoms with Gasteiger partial charge in [-0.15, -0.1) is 0 Å². The highest BCUT2D eigenvalue weighted by atomic mass is 19.1. The van der Waals surface area contributed by atoms with Crippen LogP contribution in [0.3, 0.4) is 0 Å². The molecule has 0 bridgehead atoms. The second-order valence-electron chi connectivity index (χ2n) is 5.01. The van der Waals surface area contributed by atoms with Crippen molar-refractivity contribution in [3.8, 4) is 6.07 Å². The van der Waals surface area contributed by atoms with Crippen molar-refractivity contribution in [2.75, 3.05) is 13.1 Å². The number of carbonyl (C=O) groups is 1. The third-order valence-corrected chi connectivity index (χ3v) is 2.79. The van der Waals surface area contributed by atoms with Gasteiger partial charge in [0.2, 0.25) is 0 Å². The molecule has 0 aromatic heterocycles. The third kappa shape index (κ3) is 4.36. The second-order valence-corrected chi connectivity index (χ2v) is 5.01. The monoisotopic (exact) mass is 262 g/mol. The molecule has 0 atom stereocenters. The molecule has 102 valence electrons. The van der Waals surface area contributed by atoms with E-state index >= 15 is 0 Å². The van der Waals surface area contributed by atoms with E-state index < -0.39 is 0 Å². The van der Waals surface area contributed by atoms with Gasteiger partial charge in [-0.2, -0.15) is 5.26 Å². The van der Waals surface area contributed by atoms with Gasteiger partial charge >= 0.3 is 0 Å². The molecular weight excluding hydrogens is 243 g/mol. The minimum absolute atomic E-state index is 0.138. The van der Waals surface area contributed by atoms with Crippen LogP contribution in [0.2, 0.25) is 0 Å². The predicted octanol–water partition coefficient (Wildman–Crippen LogP) is 3.15. The van der Waals surface area contributed by atoms with Crippen LogP contribution in [0.5, 0.6) is 0 Å². The lowest BCUT2D eigenvalue weighted by Crippen LogP contribution is -2.35. The zero-order valence-electron chi connectivity index (χ0n) is 11.6. The maximum absolute atomic E-state index is 13.1. The lowest BCUT2D eigenvalue weighted by atomic mass is 10.1. The topological polar surface area (TPSA) is 44.1 Å². The van der Waals surface area contributed by atoms with E-state index in [2.05, 4.69) is 0 Å². The molecule has 1 rings (SSSR count). The Bertz CT molecular complexity index is 491. The third-order valence-electron chi connectivity index (χ3n) is 2.79. The van der Waals surface area contributed by atoms with Gasteiger partial charge in [-0.05, 0) is 36.6 Å². The highest BCUT2D eigenvalue weighted by Crippen LogP contribution is 2.14. The maximum atomic E-state index is 13.1. The molecule has 3 nitrogen and oxygen atoms in total. The first-order chi connectivity index (χ1) is 8.95. The van der Waals surface area contributed by atoms with Crippen LogP contribution in [0.4, 0.5) is 4.39 Å². The van der Waals surface area contributed by atoms with Gasteiger partial charge in [0.15, 0.2) is 0 Å².